The zero-order chi connectivity index (χ0) is 12.8. The van der Waals surface area contributed by atoms with E-state index in [1.807, 2.05) is 24.3 Å². The van der Waals surface area contributed by atoms with Gasteiger partial charge in [0.1, 0.15) is 0 Å². The Kier molecular flexibility index (Phi) is 4.97. The van der Waals surface area contributed by atoms with Crippen molar-refractivity contribution in [1.82, 2.24) is 5.32 Å². The van der Waals surface area contributed by atoms with Crippen molar-refractivity contribution < 1.29 is 5.21 Å². The average Bonchev–Trinajstić information content (AvgIpc) is 2.35. The summed E-state index contributed by atoms with van der Waals surface area (Å²) < 4.78 is 0. The molecule has 1 unspecified atom stereocenters. The summed E-state index contributed by atoms with van der Waals surface area (Å²) in [4.78, 5) is 0. The van der Waals surface area contributed by atoms with Crippen LogP contribution in [0.5, 0.6) is 0 Å². The number of nitrogens with one attached hydrogen (secondary N) is 1. The van der Waals surface area contributed by atoms with E-state index >= 15 is 0 Å². The number of rotatable bonds is 5. The van der Waals surface area contributed by atoms with Crippen molar-refractivity contribution in [2.24, 2.45) is 16.8 Å². The molecule has 4 nitrogen and oxygen atoms in total. The molecule has 0 radical (unpaired) electrons. The van der Waals surface area contributed by atoms with Crippen molar-refractivity contribution in [3.8, 4) is 0 Å². The van der Waals surface area contributed by atoms with Crippen LogP contribution in [0.25, 0.3) is 0 Å². The number of hydrogen-bond donors (Lipinski definition) is 3. The fourth-order valence-electron chi connectivity index (χ4n) is 1.48. The fraction of sp³-hybridized carbons (Fsp3) is 0.462. The van der Waals surface area contributed by atoms with E-state index in [1.54, 1.807) is 0 Å². The van der Waals surface area contributed by atoms with Crippen LogP contribution in [0.15, 0.2) is 29.4 Å². The zero-order valence-corrected chi connectivity index (χ0v) is 10.6. The highest BCUT2D eigenvalue weighted by molar-refractivity contribution is 5.98. The zero-order valence-electron chi connectivity index (χ0n) is 10.6. The van der Waals surface area contributed by atoms with Crippen molar-refractivity contribution in [1.29, 1.82) is 0 Å². The molecule has 1 aromatic carbocycles. The number of nitrogens with zero attached hydrogens (tertiary/aromatic N) is 1. The maximum absolute atomic E-state index is 8.72. The van der Waals surface area contributed by atoms with Gasteiger partial charge in [0, 0.05) is 18.2 Å². The Morgan fingerprint density at radius 2 is 2.00 bits per heavy atom. The topological polar surface area (TPSA) is 70.6 Å². The van der Waals surface area contributed by atoms with Gasteiger partial charge in [0.15, 0.2) is 5.84 Å². The molecule has 0 aliphatic carbocycles. The first-order valence-electron chi connectivity index (χ1n) is 5.85. The summed E-state index contributed by atoms with van der Waals surface area (Å²) in [5.74, 6) is 0.727. The minimum atomic E-state index is 0.152. The van der Waals surface area contributed by atoms with E-state index in [2.05, 4.69) is 31.2 Å². The van der Waals surface area contributed by atoms with Gasteiger partial charge in [0.05, 0.1) is 0 Å². The molecule has 0 aliphatic rings. The van der Waals surface area contributed by atoms with Gasteiger partial charge in [-0.05, 0) is 18.4 Å². The second-order valence-corrected chi connectivity index (χ2v) is 4.56. The first-order valence-corrected chi connectivity index (χ1v) is 5.85. The summed E-state index contributed by atoms with van der Waals surface area (Å²) in [6.07, 6.45) is 0. The summed E-state index contributed by atoms with van der Waals surface area (Å²) in [6.45, 7) is 7.21. The van der Waals surface area contributed by atoms with Crippen LogP contribution < -0.4 is 11.1 Å². The predicted molar refractivity (Wildman–Crippen MR) is 70.1 cm³/mol. The van der Waals surface area contributed by atoms with Crippen LogP contribution in [0.4, 0.5) is 0 Å². The third-order valence-electron chi connectivity index (χ3n) is 3.02. The van der Waals surface area contributed by atoms with Crippen molar-refractivity contribution in [2.45, 2.75) is 33.4 Å². The molecular weight excluding hydrogens is 214 g/mol. The van der Waals surface area contributed by atoms with Gasteiger partial charge in [-0.15, -0.1) is 0 Å². The summed E-state index contributed by atoms with van der Waals surface area (Å²) in [7, 11) is 0. The van der Waals surface area contributed by atoms with Crippen LogP contribution in [-0.2, 0) is 6.54 Å². The Morgan fingerprint density at radius 1 is 1.35 bits per heavy atom. The Morgan fingerprint density at radius 3 is 2.59 bits per heavy atom. The lowest BCUT2D eigenvalue weighted by Gasteiger charge is -2.18. The first kappa shape index (κ1) is 13.5. The SMILES string of the molecule is CC(C)C(C)NCc1ccccc1/C(N)=N/O. The van der Waals surface area contributed by atoms with Crippen LogP contribution in [0.1, 0.15) is 31.9 Å². The van der Waals surface area contributed by atoms with Gasteiger partial charge >= 0.3 is 0 Å². The van der Waals surface area contributed by atoms with Crippen molar-refractivity contribution in [3.05, 3.63) is 35.4 Å². The monoisotopic (exact) mass is 235 g/mol. The first-order chi connectivity index (χ1) is 8.06. The number of benzene rings is 1. The van der Waals surface area contributed by atoms with E-state index in [1.165, 1.54) is 0 Å². The molecule has 0 aliphatic heterocycles. The van der Waals surface area contributed by atoms with Crippen LogP contribution >= 0.6 is 0 Å². The van der Waals surface area contributed by atoms with E-state index in [4.69, 9.17) is 10.9 Å². The molecule has 1 atom stereocenters. The van der Waals surface area contributed by atoms with Crippen molar-refractivity contribution in [3.63, 3.8) is 0 Å². The third-order valence-corrected chi connectivity index (χ3v) is 3.02. The average molecular weight is 235 g/mol. The molecule has 4 N–H and O–H groups in total. The molecule has 0 amide bonds. The highest BCUT2D eigenvalue weighted by Gasteiger charge is 2.09. The lowest BCUT2D eigenvalue weighted by Crippen LogP contribution is -2.31. The van der Waals surface area contributed by atoms with Crippen molar-refractivity contribution in [2.75, 3.05) is 0 Å². The van der Waals surface area contributed by atoms with E-state index in [9.17, 15) is 0 Å². The van der Waals surface area contributed by atoms with Gasteiger partial charge in [-0.3, -0.25) is 0 Å². The van der Waals surface area contributed by atoms with Gasteiger partial charge < -0.3 is 16.3 Å². The van der Waals surface area contributed by atoms with E-state index in [0.29, 0.717) is 18.5 Å². The smallest absolute Gasteiger partial charge is 0.170 e. The lowest BCUT2D eigenvalue weighted by atomic mass is 10.0. The number of nitrogens with two attached hydrogens (primary N) is 1. The van der Waals surface area contributed by atoms with Crippen LogP contribution in [0, 0.1) is 5.92 Å². The second kappa shape index (κ2) is 6.25. The molecule has 4 heteroatoms. The molecule has 0 heterocycles. The van der Waals surface area contributed by atoms with Crippen LogP contribution in [0.2, 0.25) is 0 Å². The molecule has 0 aromatic heterocycles. The van der Waals surface area contributed by atoms with Gasteiger partial charge in [0.2, 0.25) is 0 Å². The second-order valence-electron chi connectivity index (χ2n) is 4.56. The molecule has 17 heavy (non-hydrogen) atoms. The van der Waals surface area contributed by atoms with Gasteiger partial charge in [-0.1, -0.05) is 43.3 Å². The van der Waals surface area contributed by atoms with Gasteiger partial charge in [-0.25, -0.2) is 0 Å². The summed E-state index contributed by atoms with van der Waals surface area (Å²) in [6, 6.07) is 8.09. The number of hydrogen-bond acceptors (Lipinski definition) is 3. The van der Waals surface area contributed by atoms with Gasteiger partial charge in [0.25, 0.3) is 0 Å². The maximum atomic E-state index is 8.72. The molecule has 0 saturated carbocycles. The minimum absolute atomic E-state index is 0.152. The lowest BCUT2D eigenvalue weighted by molar-refractivity contribution is 0.318. The molecule has 1 aromatic rings. The molecule has 1 rings (SSSR count). The quantitative estimate of drug-likeness (QED) is 0.316. The largest absolute Gasteiger partial charge is 0.409 e. The van der Waals surface area contributed by atoms with Gasteiger partial charge in [-0.2, -0.15) is 0 Å². The molecule has 0 bridgehead atoms. The Hall–Kier alpha value is -1.55. The van der Waals surface area contributed by atoms with E-state index < -0.39 is 0 Å². The minimum Gasteiger partial charge on any atom is -0.409 e. The molecule has 0 spiro atoms. The molecule has 0 fully saturated rings. The standard InChI is InChI=1S/C13H21N3O/c1-9(2)10(3)15-8-11-6-4-5-7-12(11)13(14)16-17/h4-7,9-10,15,17H,8H2,1-3H3,(H2,14,16). The molecule has 94 valence electrons. The molecular formula is C13H21N3O. The van der Waals surface area contributed by atoms with Crippen LogP contribution in [0.3, 0.4) is 0 Å². The third kappa shape index (κ3) is 3.75. The van der Waals surface area contributed by atoms with E-state index in [0.717, 1.165) is 11.1 Å². The molecule has 0 saturated heterocycles. The highest BCUT2D eigenvalue weighted by Crippen LogP contribution is 2.09. The Labute approximate surface area is 103 Å². The summed E-state index contributed by atoms with van der Waals surface area (Å²) >= 11 is 0. The summed E-state index contributed by atoms with van der Waals surface area (Å²) in [5, 5.41) is 15.2. The van der Waals surface area contributed by atoms with Crippen LogP contribution in [-0.4, -0.2) is 17.1 Å². The maximum Gasteiger partial charge on any atom is 0.170 e. The highest BCUT2D eigenvalue weighted by atomic mass is 16.4. The Bertz CT molecular complexity index is 388. The fourth-order valence-corrected chi connectivity index (χ4v) is 1.48. The number of amidine groups is 1. The summed E-state index contributed by atoms with van der Waals surface area (Å²) in [5.41, 5.74) is 7.45. The normalized spacial score (nSPS) is 14.0. The van der Waals surface area contributed by atoms with Crippen molar-refractivity contribution >= 4 is 5.84 Å². The number of oxime groups is 1. The predicted octanol–water partition coefficient (Wildman–Crippen LogP) is 1.92. The van der Waals surface area contributed by atoms with E-state index in [-0.39, 0.29) is 5.84 Å². The Balaban J connectivity index is 2.78.